The van der Waals surface area contributed by atoms with Crippen molar-refractivity contribution in [3.63, 3.8) is 0 Å². The molecule has 0 unspecified atom stereocenters. The third-order valence-corrected chi connectivity index (χ3v) is 2.96. The highest BCUT2D eigenvalue weighted by molar-refractivity contribution is 5.54. The van der Waals surface area contributed by atoms with Crippen LogP contribution in [0.2, 0.25) is 0 Å². The van der Waals surface area contributed by atoms with E-state index in [0.29, 0.717) is 18.8 Å². The third-order valence-electron chi connectivity index (χ3n) is 2.96. The molecule has 0 fully saturated rings. The average Bonchev–Trinajstić information content (AvgIpc) is 2.40. The van der Waals surface area contributed by atoms with Crippen molar-refractivity contribution in [3.8, 4) is 0 Å². The monoisotopic (exact) mass is 259 g/mol. The summed E-state index contributed by atoms with van der Waals surface area (Å²) in [5.74, 6) is -0.195. The Balaban J connectivity index is 2.25. The SMILES string of the molecule is CNCc1cccc(F)c1N(C)Cc1cccnc1. The van der Waals surface area contributed by atoms with E-state index in [1.165, 1.54) is 6.07 Å². The number of aromatic nitrogens is 1. The lowest BCUT2D eigenvalue weighted by atomic mass is 10.1. The van der Waals surface area contributed by atoms with Crippen molar-refractivity contribution in [2.24, 2.45) is 0 Å². The fourth-order valence-electron chi connectivity index (χ4n) is 2.17. The Kier molecular flexibility index (Phi) is 4.47. The normalized spacial score (nSPS) is 10.5. The first-order chi connectivity index (χ1) is 9.22. The third kappa shape index (κ3) is 3.29. The number of hydrogen-bond acceptors (Lipinski definition) is 3. The molecule has 0 atom stereocenters. The van der Waals surface area contributed by atoms with Crippen LogP contribution in [0.5, 0.6) is 0 Å². The molecule has 1 aromatic heterocycles. The Labute approximate surface area is 113 Å². The molecule has 0 aliphatic rings. The molecule has 1 N–H and O–H groups in total. The average molecular weight is 259 g/mol. The second kappa shape index (κ2) is 6.29. The van der Waals surface area contributed by atoms with Crippen molar-refractivity contribution in [1.29, 1.82) is 0 Å². The number of pyridine rings is 1. The van der Waals surface area contributed by atoms with Gasteiger partial charge in [0.15, 0.2) is 0 Å². The lowest BCUT2D eigenvalue weighted by molar-refractivity contribution is 0.617. The van der Waals surface area contributed by atoms with Crippen LogP contribution in [0, 0.1) is 5.82 Å². The van der Waals surface area contributed by atoms with Gasteiger partial charge in [0.1, 0.15) is 5.82 Å². The summed E-state index contributed by atoms with van der Waals surface area (Å²) in [7, 11) is 3.75. The predicted octanol–water partition coefficient (Wildman–Crippen LogP) is 2.58. The number of nitrogens with one attached hydrogen (secondary N) is 1. The molecule has 4 heteroatoms. The van der Waals surface area contributed by atoms with E-state index in [1.54, 1.807) is 18.5 Å². The summed E-state index contributed by atoms with van der Waals surface area (Å²) in [6.45, 7) is 1.27. The smallest absolute Gasteiger partial charge is 0.146 e. The topological polar surface area (TPSA) is 28.2 Å². The van der Waals surface area contributed by atoms with Gasteiger partial charge in [-0.2, -0.15) is 0 Å². The molecule has 0 aliphatic carbocycles. The van der Waals surface area contributed by atoms with E-state index in [4.69, 9.17) is 0 Å². The van der Waals surface area contributed by atoms with Crippen LogP contribution in [0.15, 0.2) is 42.7 Å². The molecule has 0 aliphatic heterocycles. The molecule has 19 heavy (non-hydrogen) atoms. The highest BCUT2D eigenvalue weighted by Gasteiger charge is 2.12. The minimum absolute atomic E-state index is 0.195. The number of nitrogens with zero attached hydrogens (tertiary/aromatic N) is 2. The molecule has 0 radical (unpaired) electrons. The quantitative estimate of drug-likeness (QED) is 0.894. The van der Waals surface area contributed by atoms with Crippen LogP contribution in [0.4, 0.5) is 10.1 Å². The van der Waals surface area contributed by atoms with Gasteiger partial charge in [-0.05, 0) is 30.3 Å². The first kappa shape index (κ1) is 13.5. The van der Waals surface area contributed by atoms with Crippen molar-refractivity contribution in [3.05, 3.63) is 59.7 Å². The van der Waals surface area contributed by atoms with Gasteiger partial charge < -0.3 is 10.2 Å². The van der Waals surface area contributed by atoms with Crippen LogP contribution in [0.25, 0.3) is 0 Å². The molecule has 2 aromatic rings. The van der Waals surface area contributed by atoms with Gasteiger partial charge in [-0.15, -0.1) is 0 Å². The lowest BCUT2D eigenvalue weighted by Gasteiger charge is -2.23. The largest absolute Gasteiger partial charge is 0.368 e. The van der Waals surface area contributed by atoms with E-state index in [-0.39, 0.29) is 5.82 Å². The number of anilines is 1. The van der Waals surface area contributed by atoms with Crippen LogP contribution >= 0.6 is 0 Å². The maximum absolute atomic E-state index is 14.0. The zero-order chi connectivity index (χ0) is 13.7. The Morgan fingerprint density at radius 2 is 2.11 bits per heavy atom. The summed E-state index contributed by atoms with van der Waals surface area (Å²) in [5.41, 5.74) is 2.65. The van der Waals surface area contributed by atoms with Gasteiger partial charge in [0, 0.05) is 32.5 Å². The van der Waals surface area contributed by atoms with E-state index in [9.17, 15) is 4.39 Å². The van der Waals surface area contributed by atoms with Gasteiger partial charge >= 0.3 is 0 Å². The van der Waals surface area contributed by atoms with E-state index >= 15 is 0 Å². The van der Waals surface area contributed by atoms with Gasteiger partial charge in [-0.3, -0.25) is 4.98 Å². The zero-order valence-electron chi connectivity index (χ0n) is 11.2. The van der Waals surface area contributed by atoms with Crippen LogP contribution in [0.3, 0.4) is 0 Å². The highest BCUT2D eigenvalue weighted by Crippen LogP contribution is 2.24. The molecule has 0 saturated heterocycles. The Morgan fingerprint density at radius 3 is 2.79 bits per heavy atom. The molecule has 0 spiro atoms. The number of hydrogen-bond donors (Lipinski definition) is 1. The number of halogens is 1. The van der Waals surface area contributed by atoms with E-state index in [1.807, 2.05) is 37.2 Å². The van der Waals surface area contributed by atoms with Crippen molar-refractivity contribution < 1.29 is 4.39 Å². The maximum atomic E-state index is 14.0. The summed E-state index contributed by atoms with van der Waals surface area (Å²) < 4.78 is 14.0. The van der Waals surface area contributed by atoms with Crippen molar-refractivity contribution >= 4 is 5.69 Å². The molecule has 1 aromatic carbocycles. The molecular formula is C15H18FN3. The minimum Gasteiger partial charge on any atom is -0.368 e. The molecule has 3 nitrogen and oxygen atoms in total. The van der Waals surface area contributed by atoms with Gasteiger partial charge in [-0.1, -0.05) is 18.2 Å². The van der Waals surface area contributed by atoms with Gasteiger partial charge in [0.25, 0.3) is 0 Å². The number of benzene rings is 1. The van der Waals surface area contributed by atoms with Crippen LogP contribution in [-0.4, -0.2) is 19.1 Å². The summed E-state index contributed by atoms with van der Waals surface area (Å²) in [5, 5.41) is 3.06. The van der Waals surface area contributed by atoms with E-state index in [2.05, 4.69) is 10.3 Å². The molecule has 100 valence electrons. The number of rotatable bonds is 5. The van der Waals surface area contributed by atoms with Crippen LogP contribution in [0.1, 0.15) is 11.1 Å². The second-order valence-corrected chi connectivity index (χ2v) is 4.50. The Bertz CT molecular complexity index is 528. The standard InChI is InChI=1S/C15H18FN3/c1-17-10-13-6-3-7-14(16)15(13)19(2)11-12-5-4-8-18-9-12/h3-9,17H,10-11H2,1-2H3. The second-order valence-electron chi connectivity index (χ2n) is 4.50. The molecule has 0 saturated carbocycles. The highest BCUT2D eigenvalue weighted by atomic mass is 19.1. The molecule has 0 amide bonds. The summed E-state index contributed by atoms with van der Waals surface area (Å²) in [6.07, 6.45) is 3.54. The molecule has 1 heterocycles. The van der Waals surface area contributed by atoms with Gasteiger partial charge in [0.2, 0.25) is 0 Å². The summed E-state index contributed by atoms with van der Waals surface area (Å²) >= 11 is 0. The van der Waals surface area contributed by atoms with Crippen LogP contribution < -0.4 is 10.2 Å². The lowest BCUT2D eigenvalue weighted by Crippen LogP contribution is -2.21. The predicted molar refractivity (Wildman–Crippen MR) is 75.5 cm³/mol. The van der Waals surface area contributed by atoms with Crippen molar-refractivity contribution in [2.45, 2.75) is 13.1 Å². The molecule has 2 rings (SSSR count). The van der Waals surface area contributed by atoms with Crippen LogP contribution in [-0.2, 0) is 13.1 Å². The van der Waals surface area contributed by atoms with Gasteiger partial charge in [-0.25, -0.2) is 4.39 Å². The Morgan fingerprint density at radius 1 is 1.26 bits per heavy atom. The van der Waals surface area contributed by atoms with Crippen molar-refractivity contribution in [1.82, 2.24) is 10.3 Å². The fraction of sp³-hybridized carbons (Fsp3) is 0.267. The minimum atomic E-state index is -0.195. The summed E-state index contributed by atoms with van der Waals surface area (Å²) in [4.78, 5) is 6.00. The first-order valence-electron chi connectivity index (χ1n) is 6.24. The van der Waals surface area contributed by atoms with E-state index in [0.717, 1.165) is 11.1 Å². The van der Waals surface area contributed by atoms with E-state index < -0.39 is 0 Å². The fourth-order valence-corrected chi connectivity index (χ4v) is 2.17. The molecular weight excluding hydrogens is 241 g/mol. The molecule has 0 bridgehead atoms. The van der Waals surface area contributed by atoms with Crippen molar-refractivity contribution in [2.75, 3.05) is 19.0 Å². The number of para-hydroxylation sites is 1. The van der Waals surface area contributed by atoms with Gasteiger partial charge in [0.05, 0.1) is 5.69 Å². The zero-order valence-corrected chi connectivity index (χ0v) is 11.2. The maximum Gasteiger partial charge on any atom is 0.146 e. The Hall–Kier alpha value is -1.94. The summed E-state index contributed by atoms with van der Waals surface area (Å²) in [6, 6.07) is 9.05. The first-order valence-corrected chi connectivity index (χ1v) is 6.24.